The molecule has 1 unspecified atom stereocenters. The van der Waals surface area contributed by atoms with Gasteiger partial charge in [0.05, 0.1) is 0 Å². The van der Waals surface area contributed by atoms with Crippen LogP contribution in [0.25, 0.3) is 0 Å². The van der Waals surface area contributed by atoms with Gasteiger partial charge in [-0.05, 0) is 83.5 Å². The molecule has 0 rings (SSSR count). The first-order valence-corrected chi connectivity index (χ1v) is 30.4. The van der Waals surface area contributed by atoms with Crippen molar-refractivity contribution in [3.8, 4) is 0 Å². The number of carbonyl (C=O) groups is 3. The van der Waals surface area contributed by atoms with Gasteiger partial charge in [-0.1, -0.05) is 273 Å². The van der Waals surface area contributed by atoms with Crippen LogP contribution in [0.2, 0.25) is 0 Å². The van der Waals surface area contributed by atoms with Crippen LogP contribution in [0.1, 0.15) is 303 Å². The number of unbranched alkanes of at least 4 members (excludes halogenated alkanes) is 32. The lowest BCUT2D eigenvalue weighted by atomic mass is 10.0. The van der Waals surface area contributed by atoms with Crippen molar-refractivity contribution in [2.24, 2.45) is 0 Å². The topological polar surface area (TPSA) is 78.9 Å². The number of rotatable bonds is 55. The Kier molecular flexibility index (Phi) is 56.8. The Hall–Kier alpha value is -3.15. The highest BCUT2D eigenvalue weighted by atomic mass is 16.6. The van der Waals surface area contributed by atoms with E-state index in [4.69, 9.17) is 14.2 Å². The van der Waals surface area contributed by atoms with Gasteiger partial charge in [-0.2, -0.15) is 0 Å². The van der Waals surface area contributed by atoms with Gasteiger partial charge in [-0.25, -0.2) is 0 Å². The summed E-state index contributed by atoms with van der Waals surface area (Å²) in [4.78, 5) is 38.1. The first-order valence-electron chi connectivity index (χ1n) is 30.4. The van der Waals surface area contributed by atoms with Crippen LogP contribution in [0, 0.1) is 0 Å². The number of esters is 3. The van der Waals surface area contributed by atoms with Crippen molar-refractivity contribution in [1.29, 1.82) is 0 Å². The third kappa shape index (κ3) is 57.6. The number of hydrogen-bond donors (Lipinski definition) is 0. The zero-order valence-electron chi connectivity index (χ0n) is 47.0. The van der Waals surface area contributed by atoms with E-state index in [0.29, 0.717) is 12.8 Å². The van der Waals surface area contributed by atoms with Gasteiger partial charge in [0.2, 0.25) is 0 Å². The quantitative estimate of drug-likeness (QED) is 0.0261. The fourth-order valence-electron chi connectivity index (χ4n) is 8.71. The van der Waals surface area contributed by atoms with Crippen LogP contribution in [-0.2, 0) is 28.6 Å². The summed E-state index contributed by atoms with van der Waals surface area (Å²) in [5.74, 6) is -0.946. The lowest BCUT2D eigenvalue weighted by molar-refractivity contribution is -0.167. The molecule has 0 aliphatic carbocycles. The van der Waals surface area contributed by atoms with Gasteiger partial charge in [0.15, 0.2) is 6.10 Å². The first kappa shape index (κ1) is 67.8. The molecule has 0 heterocycles. The number of carbonyl (C=O) groups excluding carboxylic acids is 3. The number of ether oxygens (including phenoxy) is 3. The largest absolute Gasteiger partial charge is 0.462 e. The van der Waals surface area contributed by atoms with Crippen molar-refractivity contribution in [3.63, 3.8) is 0 Å². The molecule has 0 N–H and O–H groups in total. The molecule has 0 saturated heterocycles. The van der Waals surface area contributed by atoms with Crippen LogP contribution in [0.3, 0.4) is 0 Å². The predicted molar refractivity (Wildman–Crippen MR) is 307 cm³/mol. The molecule has 0 aromatic rings. The van der Waals surface area contributed by atoms with E-state index >= 15 is 0 Å². The summed E-state index contributed by atoms with van der Waals surface area (Å²) in [6.07, 6.45) is 76.5. The van der Waals surface area contributed by atoms with E-state index in [1.807, 2.05) is 0 Å². The summed E-state index contributed by atoms with van der Waals surface area (Å²) < 4.78 is 16.8. The van der Waals surface area contributed by atoms with Gasteiger partial charge in [-0.3, -0.25) is 14.4 Å². The van der Waals surface area contributed by atoms with Crippen LogP contribution >= 0.6 is 0 Å². The molecular weight excluding hydrogens is 877 g/mol. The van der Waals surface area contributed by atoms with Crippen molar-refractivity contribution >= 4 is 17.9 Å². The van der Waals surface area contributed by atoms with Crippen LogP contribution < -0.4 is 0 Å². The van der Waals surface area contributed by atoms with Crippen molar-refractivity contribution in [1.82, 2.24) is 0 Å². The zero-order valence-corrected chi connectivity index (χ0v) is 47.0. The number of hydrogen-bond acceptors (Lipinski definition) is 6. The van der Waals surface area contributed by atoms with E-state index in [2.05, 4.69) is 93.7 Å². The van der Waals surface area contributed by atoms with Gasteiger partial charge in [0.1, 0.15) is 13.2 Å². The maximum atomic E-state index is 12.8. The summed E-state index contributed by atoms with van der Waals surface area (Å²) in [6.45, 7) is 6.39. The van der Waals surface area contributed by atoms with Crippen LogP contribution in [0.5, 0.6) is 0 Å². The van der Waals surface area contributed by atoms with Gasteiger partial charge >= 0.3 is 17.9 Å². The Morgan fingerprint density at radius 1 is 0.296 bits per heavy atom. The molecule has 0 radical (unpaired) electrons. The van der Waals surface area contributed by atoms with E-state index in [0.717, 1.165) is 109 Å². The Morgan fingerprint density at radius 2 is 0.549 bits per heavy atom. The SMILES string of the molecule is CC/C=C\C/C=C\C/C=C\CCCCCC(=O)OCC(COC(=O)CCCCCCCCCCCCCCCCCCCCCCCCCCCCC)OC(=O)CCCCC/C=C\C/C=C\C/C=C\CC. The molecule has 71 heavy (non-hydrogen) atoms. The lowest BCUT2D eigenvalue weighted by Crippen LogP contribution is -2.30. The molecule has 0 spiro atoms. The molecule has 1 atom stereocenters. The average molecular weight is 992 g/mol. The standard InChI is InChI=1S/C65H114O6/c1-4-7-10-13-16-19-22-25-26-27-28-29-30-31-32-33-34-35-36-37-38-41-43-46-49-52-55-58-64(67)70-61-62(71-65(68)59-56-53-50-47-44-40-24-21-18-15-12-9-6-3)60-69-63(66)57-54-51-48-45-42-39-23-20-17-14-11-8-5-2/h8-9,11-12,17-18,20-21,39-40,42,44,62H,4-7,10,13-16,19,22-38,41,43,45-61H2,1-3H3/b11-8-,12-9-,20-17-,21-18-,42-39-,44-40-. The Bertz CT molecular complexity index is 1320. The summed E-state index contributed by atoms with van der Waals surface area (Å²) in [7, 11) is 0. The smallest absolute Gasteiger partial charge is 0.306 e. The van der Waals surface area contributed by atoms with Crippen LogP contribution in [-0.4, -0.2) is 37.2 Å². The van der Waals surface area contributed by atoms with E-state index in [1.165, 1.54) is 154 Å². The summed E-state index contributed by atoms with van der Waals surface area (Å²) in [6, 6.07) is 0. The molecule has 6 nitrogen and oxygen atoms in total. The molecule has 0 bridgehead atoms. The van der Waals surface area contributed by atoms with E-state index < -0.39 is 6.10 Å². The van der Waals surface area contributed by atoms with E-state index in [-0.39, 0.29) is 37.5 Å². The Labute approximate surface area is 440 Å². The van der Waals surface area contributed by atoms with Gasteiger partial charge < -0.3 is 14.2 Å². The highest BCUT2D eigenvalue weighted by Crippen LogP contribution is 2.17. The van der Waals surface area contributed by atoms with Gasteiger partial charge in [-0.15, -0.1) is 0 Å². The second-order valence-electron chi connectivity index (χ2n) is 20.2. The molecule has 0 aromatic carbocycles. The average Bonchev–Trinajstić information content (AvgIpc) is 3.37. The van der Waals surface area contributed by atoms with Crippen LogP contribution in [0.4, 0.5) is 0 Å². The third-order valence-electron chi connectivity index (χ3n) is 13.2. The fraction of sp³-hybridized carbons (Fsp3) is 0.769. The fourth-order valence-corrected chi connectivity index (χ4v) is 8.71. The summed E-state index contributed by atoms with van der Waals surface area (Å²) in [5, 5.41) is 0. The second kappa shape index (κ2) is 59.4. The molecule has 0 aliphatic heterocycles. The third-order valence-corrected chi connectivity index (χ3v) is 13.2. The highest BCUT2D eigenvalue weighted by molar-refractivity contribution is 5.71. The molecule has 410 valence electrons. The summed E-state index contributed by atoms with van der Waals surface area (Å²) >= 11 is 0. The van der Waals surface area contributed by atoms with Crippen molar-refractivity contribution in [2.75, 3.05) is 13.2 Å². The Balaban J connectivity index is 4.21. The molecule has 0 aromatic heterocycles. The zero-order chi connectivity index (χ0) is 51.4. The molecule has 0 amide bonds. The first-order chi connectivity index (χ1) is 35.0. The van der Waals surface area contributed by atoms with Crippen molar-refractivity contribution < 1.29 is 28.6 Å². The Morgan fingerprint density at radius 3 is 0.859 bits per heavy atom. The minimum absolute atomic E-state index is 0.0948. The molecule has 0 aliphatic rings. The predicted octanol–water partition coefficient (Wildman–Crippen LogP) is 20.5. The maximum absolute atomic E-state index is 12.8. The minimum atomic E-state index is -0.801. The van der Waals surface area contributed by atoms with E-state index in [1.54, 1.807) is 0 Å². The number of allylic oxidation sites excluding steroid dienone is 12. The normalized spacial score (nSPS) is 12.5. The molecule has 0 saturated carbocycles. The minimum Gasteiger partial charge on any atom is -0.462 e. The van der Waals surface area contributed by atoms with Crippen molar-refractivity contribution in [2.45, 2.75) is 309 Å². The highest BCUT2D eigenvalue weighted by Gasteiger charge is 2.19. The molecular formula is C65H114O6. The van der Waals surface area contributed by atoms with Gasteiger partial charge in [0, 0.05) is 19.3 Å². The lowest BCUT2D eigenvalue weighted by Gasteiger charge is -2.18. The molecule has 0 fully saturated rings. The second-order valence-corrected chi connectivity index (χ2v) is 20.2. The van der Waals surface area contributed by atoms with Crippen molar-refractivity contribution in [3.05, 3.63) is 72.9 Å². The van der Waals surface area contributed by atoms with Gasteiger partial charge in [0.25, 0.3) is 0 Å². The summed E-state index contributed by atoms with van der Waals surface area (Å²) in [5.41, 5.74) is 0. The monoisotopic (exact) mass is 991 g/mol. The van der Waals surface area contributed by atoms with Crippen LogP contribution in [0.15, 0.2) is 72.9 Å². The maximum Gasteiger partial charge on any atom is 0.306 e. The molecule has 6 heteroatoms. The van der Waals surface area contributed by atoms with E-state index in [9.17, 15) is 14.4 Å².